The first-order chi connectivity index (χ1) is 14.5. The number of nitrogens with one attached hydrogen (secondary N) is 2. The molecule has 0 radical (unpaired) electrons. The van der Waals surface area contributed by atoms with Crippen molar-refractivity contribution in [3.63, 3.8) is 0 Å². The van der Waals surface area contributed by atoms with Crippen molar-refractivity contribution in [2.45, 2.75) is 25.9 Å². The summed E-state index contributed by atoms with van der Waals surface area (Å²) in [5.41, 5.74) is 9.15. The topological polar surface area (TPSA) is 83.4 Å². The van der Waals surface area contributed by atoms with E-state index in [0.29, 0.717) is 35.4 Å². The Bertz CT molecular complexity index is 1000. The maximum absolute atomic E-state index is 14.1. The van der Waals surface area contributed by atoms with Crippen LogP contribution < -0.4 is 16.0 Å². The molecule has 0 saturated carbocycles. The largest absolute Gasteiger partial charge is 0.377 e. The molecule has 1 fully saturated rings. The molecule has 2 aromatic carbocycles. The minimum Gasteiger partial charge on any atom is -0.377 e. The Labute approximate surface area is 175 Å². The fourth-order valence-corrected chi connectivity index (χ4v) is 3.94. The zero-order valence-corrected chi connectivity index (χ0v) is 17.1. The average molecular weight is 410 g/mol. The van der Waals surface area contributed by atoms with E-state index in [9.17, 15) is 9.18 Å². The molecule has 1 amide bonds. The summed E-state index contributed by atoms with van der Waals surface area (Å²) in [7, 11) is 0. The Morgan fingerprint density at radius 3 is 2.80 bits per heavy atom. The summed E-state index contributed by atoms with van der Waals surface area (Å²) in [5.74, 6) is -0.636. The Morgan fingerprint density at radius 2 is 2.07 bits per heavy atom. The summed E-state index contributed by atoms with van der Waals surface area (Å²) in [6, 6.07) is 12.5. The molecule has 1 saturated heterocycles. The van der Waals surface area contributed by atoms with Crippen LogP contribution in [0.4, 0.5) is 15.8 Å². The first-order valence-electron chi connectivity index (χ1n) is 10.3. The van der Waals surface area contributed by atoms with Crippen LogP contribution >= 0.6 is 0 Å². The number of hydrogen-bond donors (Lipinski definition) is 3. The molecule has 158 valence electrons. The van der Waals surface area contributed by atoms with Crippen LogP contribution in [0.5, 0.6) is 0 Å². The Balaban J connectivity index is 1.44. The maximum atomic E-state index is 14.1. The van der Waals surface area contributed by atoms with Gasteiger partial charge in [0.1, 0.15) is 11.5 Å². The molecule has 1 aliphatic heterocycles. The van der Waals surface area contributed by atoms with Crippen LogP contribution in [-0.4, -0.2) is 43.2 Å². The summed E-state index contributed by atoms with van der Waals surface area (Å²) < 4.78 is 19.8. The van der Waals surface area contributed by atoms with E-state index in [2.05, 4.69) is 15.2 Å². The molecular weight excluding hydrogens is 383 g/mol. The molecule has 4 rings (SSSR count). The number of carbonyl (C=O) groups excluding carboxylic acids is 1. The highest BCUT2D eigenvalue weighted by molar-refractivity contribution is 6.06. The summed E-state index contributed by atoms with van der Waals surface area (Å²) in [6.07, 6.45) is 2.17. The van der Waals surface area contributed by atoms with Crippen LogP contribution in [-0.2, 0) is 4.74 Å². The van der Waals surface area contributed by atoms with E-state index >= 15 is 0 Å². The van der Waals surface area contributed by atoms with E-state index in [-0.39, 0.29) is 17.8 Å². The van der Waals surface area contributed by atoms with Crippen LogP contribution in [0, 0.1) is 12.7 Å². The van der Waals surface area contributed by atoms with Gasteiger partial charge in [-0.3, -0.25) is 4.79 Å². The number of nitrogens with two attached hydrogens (primary N) is 1. The number of rotatable bonds is 6. The van der Waals surface area contributed by atoms with Gasteiger partial charge < -0.3 is 25.7 Å². The molecule has 2 heterocycles. The van der Waals surface area contributed by atoms with Gasteiger partial charge in [-0.25, -0.2) is 4.39 Å². The number of halogens is 1. The zero-order valence-electron chi connectivity index (χ0n) is 17.1. The maximum Gasteiger partial charge on any atom is 0.272 e. The van der Waals surface area contributed by atoms with Crippen LogP contribution in [0.2, 0.25) is 0 Å². The molecule has 0 atom stereocenters. The predicted molar refractivity (Wildman–Crippen MR) is 118 cm³/mol. The first-order valence-corrected chi connectivity index (χ1v) is 10.3. The monoisotopic (exact) mass is 410 g/mol. The minimum absolute atomic E-state index is 0.263. The van der Waals surface area contributed by atoms with E-state index in [4.69, 9.17) is 10.5 Å². The zero-order chi connectivity index (χ0) is 21.1. The van der Waals surface area contributed by atoms with Gasteiger partial charge in [0.25, 0.3) is 5.91 Å². The van der Waals surface area contributed by atoms with Crippen molar-refractivity contribution >= 4 is 28.2 Å². The summed E-state index contributed by atoms with van der Waals surface area (Å²) in [5, 5.41) is 3.34. The van der Waals surface area contributed by atoms with Gasteiger partial charge >= 0.3 is 0 Å². The number of benzene rings is 2. The number of anilines is 2. The number of amides is 1. The van der Waals surface area contributed by atoms with Crippen molar-refractivity contribution in [1.82, 2.24) is 4.98 Å². The molecule has 6 nitrogen and oxygen atoms in total. The van der Waals surface area contributed by atoms with Gasteiger partial charge in [-0.05, 0) is 55.7 Å². The molecule has 0 aliphatic carbocycles. The van der Waals surface area contributed by atoms with Gasteiger partial charge in [0.05, 0.1) is 18.2 Å². The molecule has 0 bridgehead atoms. The Kier molecular flexibility index (Phi) is 6.01. The van der Waals surface area contributed by atoms with E-state index < -0.39 is 0 Å². The van der Waals surface area contributed by atoms with E-state index in [1.165, 1.54) is 6.07 Å². The van der Waals surface area contributed by atoms with Crippen LogP contribution in [0.15, 0.2) is 42.5 Å². The first kappa shape index (κ1) is 20.4. The number of hydrogen-bond acceptors (Lipinski definition) is 4. The summed E-state index contributed by atoms with van der Waals surface area (Å²) in [6.45, 7) is 4.82. The lowest BCUT2D eigenvalue weighted by Crippen LogP contribution is -2.37. The van der Waals surface area contributed by atoms with Crippen LogP contribution in [0.1, 0.15) is 28.9 Å². The van der Waals surface area contributed by atoms with Gasteiger partial charge in [-0.1, -0.05) is 12.1 Å². The number of carbonyl (C=O) groups is 1. The van der Waals surface area contributed by atoms with Gasteiger partial charge in [0, 0.05) is 36.4 Å². The van der Waals surface area contributed by atoms with Crippen molar-refractivity contribution in [2.75, 3.05) is 36.5 Å². The normalized spacial score (nSPS) is 15.0. The summed E-state index contributed by atoms with van der Waals surface area (Å²) in [4.78, 5) is 18.1. The lowest BCUT2D eigenvalue weighted by atomic mass is 10.1. The number of ether oxygens (including phenoxy) is 1. The highest BCUT2D eigenvalue weighted by Gasteiger charge is 2.20. The third kappa shape index (κ3) is 4.32. The predicted octanol–water partition coefficient (Wildman–Crippen LogP) is 3.81. The number of fused-ring (bicyclic) bond motifs is 1. The molecule has 7 heteroatoms. The van der Waals surface area contributed by atoms with Crippen molar-refractivity contribution in [3.8, 4) is 0 Å². The van der Waals surface area contributed by atoms with Gasteiger partial charge in [-0.15, -0.1) is 0 Å². The quantitative estimate of drug-likeness (QED) is 0.577. The van der Waals surface area contributed by atoms with Crippen LogP contribution in [0.3, 0.4) is 0 Å². The minimum atomic E-state index is -0.341. The molecule has 1 aliphatic rings. The molecule has 0 unspecified atom stereocenters. The molecular formula is C23H27FN4O2. The van der Waals surface area contributed by atoms with E-state index in [1.807, 2.05) is 31.2 Å². The Hall–Kier alpha value is -2.90. The highest BCUT2D eigenvalue weighted by Crippen LogP contribution is 2.26. The standard InChI is InChI=1S/C23H27FN4O2/c1-15-5-6-20(24)19-14-21(27-22(15)19)23(29)26-16-3-2-4-17(13-16)28-10-7-18(8-11-28)30-12-9-25/h2-6,13-14,18,27H,7-12,25H2,1H3,(H,26,29). The fraction of sp³-hybridized carbons (Fsp3) is 0.348. The highest BCUT2D eigenvalue weighted by atomic mass is 19.1. The van der Waals surface area contributed by atoms with Crippen molar-refractivity contribution in [1.29, 1.82) is 0 Å². The van der Waals surface area contributed by atoms with E-state index in [1.54, 1.807) is 12.1 Å². The molecule has 3 aromatic rings. The SMILES string of the molecule is Cc1ccc(F)c2cc(C(=O)Nc3cccc(N4CCC(OCCN)CC4)c3)[nH]c12. The van der Waals surface area contributed by atoms with Gasteiger partial charge in [0.2, 0.25) is 0 Å². The van der Waals surface area contributed by atoms with Gasteiger partial charge in [0.15, 0.2) is 0 Å². The second-order valence-electron chi connectivity index (χ2n) is 7.69. The van der Waals surface area contributed by atoms with E-state index in [0.717, 1.165) is 37.2 Å². The fourth-order valence-electron chi connectivity index (χ4n) is 3.94. The number of aryl methyl sites for hydroxylation is 1. The number of piperidine rings is 1. The lowest BCUT2D eigenvalue weighted by Gasteiger charge is -2.33. The number of H-pyrrole nitrogens is 1. The number of nitrogens with zero attached hydrogens (tertiary/aromatic N) is 1. The smallest absolute Gasteiger partial charge is 0.272 e. The second-order valence-corrected chi connectivity index (χ2v) is 7.69. The summed E-state index contributed by atoms with van der Waals surface area (Å²) >= 11 is 0. The number of aromatic nitrogens is 1. The molecule has 30 heavy (non-hydrogen) atoms. The average Bonchev–Trinajstić information content (AvgIpc) is 3.23. The van der Waals surface area contributed by atoms with Crippen molar-refractivity contribution in [3.05, 3.63) is 59.5 Å². The number of aromatic amines is 1. The molecule has 0 spiro atoms. The van der Waals surface area contributed by atoms with Gasteiger partial charge in [-0.2, -0.15) is 0 Å². The molecule has 1 aromatic heterocycles. The molecule has 4 N–H and O–H groups in total. The third-order valence-corrected chi connectivity index (χ3v) is 5.58. The lowest BCUT2D eigenvalue weighted by molar-refractivity contribution is 0.0422. The third-order valence-electron chi connectivity index (χ3n) is 5.58. The Morgan fingerprint density at radius 1 is 1.27 bits per heavy atom. The van der Waals surface area contributed by atoms with Crippen molar-refractivity contribution < 1.29 is 13.9 Å². The van der Waals surface area contributed by atoms with Crippen LogP contribution in [0.25, 0.3) is 10.9 Å². The van der Waals surface area contributed by atoms with Crippen molar-refractivity contribution in [2.24, 2.45) is 5.73 Å². The second kappa shape index (κ2) is 8.85.